The zero-order valence-electron chi connectivity index (χ0n) is 12.7. The molecule has 1 aliphatic rings. The third kappa shape index (κ3) is 5.02. The largest absolute Gasteiger partial charge is 0.378 e. The number of nitrogens with one attached hydrogen (secondary N) is 2. The standard InChI is InChI=1S/C16H25N3O2/c1-2-3-8-17-13-16(20)18-14-6-4-5-7-15(14)19-9-11-21-12-10-19/h4-7,17H,2-3,8-13H2,1H3,(H,18,20). The topological polar surface area (TPSA) is 53.6 Å². The molecule has 1 heterocycles. The van der Waals surface area contributed by atoms with E-state index in [1.165, 1.54) is 0 Å². The number of hydrogen-bond donors (Lipinski definition) is 2. The minimum absolute atomic E-state index is 0.00631. The molecule has 1 fully saturated rings. The second-order valence-electron chi connectivity index (χ2n) is 5.20. The molecule has 2 N–H and O–H groups in total. The van der Waals surface area contributed by atoms with E-state index >= 15 is 0 Å². The van der Waals surface area contributed by atoms with Crippen LogP contribution in [0.5, 0.6) is 0 Å². The van der Waals surface area contributed by atoms with Crippen LogP contribution >= 0.6 is 0 Å². The van der Waals surface area contributed by atoms with E-state index in [0.717, 1.165) is 57.1 Å². The van der Waals surface area contributed by atoms with Gasteiger partial charge in [0.2, 0.25) is 5.91 Å². The summed E-state index contributed by atoms with van der Waals surface area (Å²) >= 11 is 0. The lowest BCUT2D eigenvalue weighted by atomic mass is 10.2. The lowest BCUT2D eigenvalue weighted by Crippen LogP contribution is -2.37. The predicted molar refractivity (Wildman–Crippen MR) is 85.9 cm³/mol. The molecule has 0 atom stereocenters. The highest BCUT2D eigenvalue weighted by Crippen LogP contribution is 2.26. The van der Waals surface area contributed by atoms with Gasteiger partial charge in [0.05, 0.1) is 31.1 Å². The van der Waals surface area contributed by atoms with Crippen LogP contribution in [0, 0.1) is 0 Å². The molecule has 0 radical (unpaired) electrons. The number of para-hydroxylation sites is 2. The SMILES string of the molecule is CCCCNCC(=O)Nc1ccccc1N1CCOCC1. The van der Waals surface area contributed by atoms with E-state index in [1.54, 1.807) is 0 Å². The molecule has 5 nitrogen and oxygen atoms in total. The lowest BCUT2D eigenvalue weighted by molar-refractivity contribution is -0.115. The molecule has 0 unspecified atom stereocenters. The molecule has 1 aromatic carbocycles. The fourth-order valence-electron chi connectivity index (χ4n) is 2.36. The number of benzene rings is 1. The molecule has 5 heteroatoms. The number of carbonyl (C=O) groups excluding carboxylic acids is 1. The third-order valence-electron chi connectivity index (χ3n) is 3.52. The average molecular weight is 291 g/mol. The maximum absolute atomic E-state index is 12.0. The first-order valence-electron chi connectivity index (χ1n) is 7.73. The monoisotopic (exact) mass is 291 g/mol. The van der Waals surface area contributed by atoms with E-state index in [9.17, 15) is 4.79 Å². The first-order chi connectivity index (χ1) is 10.3. The van der Waals surface area contributed by atoms with Crippen LogP contribution in [0.25, 0.3) is 0 Å². The van der Waals surface area contributed by atoms with E-state index < -0.39 is 0 Å². The molecule has 0 saturated carbocycles. The number of carbonyl (C=O) groups is 1. The summed E-state index contributed by atoms with van der Waals surface area (Å²) in [5.74, 6) is 0.00631. The van der Waals surface area contributed by atoms with Crippen molar-refractivity contribution in [3.8, 4) is 0 Å². The van der Waals surface area contributed by atoms with Crippen molar-refractivity contribution in [3.05, 3.63) is 24.3 Å². The summed E-state index contributed by atoms with van der Waals surface area (Å²) < 4.78 is 5.38. The smallest absolute Gasteiger partial charge is 0.238 e. The maximum atomic E-state index is 12.0. The van der Waals surface area contributed by atoms with Gasteiger partial charge in [0.15, 0.2) is 0 Å². The second kappa shape index (κ2) is 8.64. The van der Waals surface area contributed by atoms with Crippen LogP contribution in [-0.2, 0) is 9.53 Å². The first kappa shape index (κ1) is 15.8. The summed E-state index contributed by atoms with van der Waals surface area (Å²) in [6, 6.07) is 7.95. The number of morpholine rings is 1. The van der Waals surface area contributed by atoms with Gasteiger partial charge in [-0.2, -0.15) is 0 Å². The van der Waals surface area contributed by atoms with Crippen LogP contribution in [0.1, 0.15) is 19.8 Å². The number of amides is 1. The Kier molecular flexibility index (Phi) is 6.50. The van der Waals surface area contributed by atoms with Gasteiger partial charge in [0.1, 0.15) is 0 Å². The average Bonchev–Trinajstić information content (AvgIpc) is 2.53. The van der Waals surface area contributed by atoms with E-state index in [2.05, 4.69) is 22.5 Å². The van der Waals surface area contributed by atoms with Crippen LogP contribution in [-0.4, -0.2) is 45.3 Å². The van der Waals surface area contributed by atoms with E-state index in [1.807, 2.05) is 24.3 Å². The minimum Gasteiger partial charge on any atom is -0.378 e. The molecule has 1 saturated heterocycles. The third-order valence-corrected chi connectivity index (χ3v) is 3.52. The van der Waals surface area contributed by atoms with Gasteiger partial charge >= 0.3 is 0 Å². The molecule has 0 bridgehead atoms. The molecule has 1 amide bonds. The highest BCUT2D eigenvalue weighted by Gasteiger charge is 2.15. The Morgan fingerprint density at radius 2 is 2.05 bits per heavy atom. The Hall–Kier alpha value is -1.59. The molecule has 0 aromatic heterocycles. The Labute approximate surface area is 126 Å². The zero-order chi connectivity index (χ0) is 14.9. The molecule has 0 spiro atoms. The Balaban J connectivity index is 1.91. The van der Waals surface area contributed by atoms with Crippen LogP contribution in [0.15, 0.2) is 24.3 Å². The fourth-order valence-corrected chi connectivity index (χ4v) is 2.36. The summed E-state index contributed by atoms with van der Waals surface area (Å²) in [6.45, 7) is 6.58. The van der Waals surface area contributed by atoms with Gasteiger partial charge in [-0.15, -0.1) is 0 Å². The Morgan fingerprint density at radius 1 is 1.29 bits per heavy atom. The quantitative estimate of drug-likeness (QED) is 0.753. The van der Waals surface area contributed by atoms with Crippen molar-refractivity contribution >= 4 is 17.3 Å². The lowest BCUT2D eigenvalue weighted by Gasteiger charge is -2.30. The maximum Gasteiger partial charge on any atom is 0.238 e. The van der Waals surface area contributed by atoms with Crippen molar-refractivity contribution in [1.29, 1.82) is 0 Å². The molecule has 2 rings (SSSR count). The van der Waals surface area contributed by atoms with E-state index in [4.69, 9.17) is 4.74 Å². The molecule has 1 aromatic rings. The summed E-state index contributed by atoms with van der Waals surface area (Å²) in [6.07, 6.45) is 2.23. The summed E-state index contributed by atoms with van der Waals surface area (Å²) in [5.41, 5.74) is 1.95. The van der Waals surface area contributed by atoms with E-state index in [-0.39, 0.29) is 5.91 Å². The van der Waals surface area contributed by atoms with Gasteiger partial charge in [-0.25, -0.2) is 0 Å². The number of ether oxygens (including phenoxy) is 1. The van der Waals surface area contributed by atoms with Gasteiger partial charge in [0.25, 0.3) is 0 Å². The van der Waals surface area contributed by atoms with Crippen LogP contribution in [0.4, 0.5) is 11.4 Å². The van der Waals surface area contributed by atoms with Crippen LogP contribution in [0.2, 0.25) is 0 Å². The summed E-state index contributed by atoms with van der Waals surface area (Å²) in [7, 11) is 0. The van der Waals surface area contributed by atoms with Crippen molar-refractivity contribution < 1.29 is 9.53 Å². The van der Waals surface area contributed by atoms with Crippen LogP contribution < -0.4 is 15.5 Å². The van der Waals surface area contributed by atoms with Crippen molar-refractivity contribution in [1.82, 2.24) is 5.32 Å². The predicted octanol–water partition coefficient (Wildman–Crippen LogP) is 1.85. The highest BCUT2D eigenvalue weighted by atomic mass is 16.5. The minimum atomic E-state index is 0.00631. The number of unbranched alkanes of at least 4 members (excludes halogenated alkanes) is 1. The Bertz CT molecular complexity index is 445. The van der Waals surface area contributed by atoms with Gasteiger partial charge in [-0.05, 0) is 25.1 Å². The normalized spacial score (nSPS) is 15.0. The molecule has 21 heavy (non-hydrogen) atoms. The zero-order valence-corrected chi connectivity index (χ0v) is 12.7. The Morgan fingerprint density at radius 3 is 2.81 bits per heavy atom. The van der Waals surface area contributed by atoms with Crippen molar-refractivity contribution in [3.63, 3.8) is 0 Å². The van der Waals surface area contributed by atoms with Crippen molar-refractivity contribution in [2.45, 2.75) is 19.8 Å². The molecular formula is C16H25N3O2. The number of anilines is 2. The van der Waals surface area contributed by atoms with Crippen molar-refractivity contribution in [2.24, 2.45) is 0 Å². The molecular weight excluding hydrogens is 266 g/mol. The molecule has 116 valence electrons. The van der Waals surface area contributed by atoms with E-state index in [0.29, 0.717) is 6.54 Å². The molecule has 0 aliphatic carbocycles. The summed E-state index contributed by atoms with van der Waals surface area (Å²) in [5, 5.41) is 6.16. The fraction of sp³-hybridized carbons (Fsp3) is 0.562. The number of nitrogens with zero attached hydrogens (tertiary/aromatic N) is 1. The second-order valence-corrected chi connectivity index (χ2v) is 5.20. The van der Waals surface area contributed by atoms with Gasteiger partial charge in [0, 0.05) is 13.1 Å². The number of hydrogen-bond acceptors (Lipinski definition) is 4. The van der Waals surface area contributed by atoms with Gasteiger partial charge < -0.3 is 20.3 Å². The number of rotatable bonds is 7. The van der Waals surface area contributed by atoms with Gasteiger partial charge in [-0.3, -0.25) is 4.79 Å². The first-order valence-corrected chi connectivity index (χ1v) is 7.73. The van der Waals surface area contributed by atoms with Crippen LogP contribution in [0.3, 0.4) is 0 Å². The summed E-state index contributed by atoms with van der Waals surface area (Å²) in [4.78, 5) is 14.2. The molecule has 1 aliphatic heterocycles. The highest BCUT2D eigenvalue weighted by molar-refractivity contribution is 5.95. The van der Waals surface area contributed by atoms with Gasteiger partial charge in [-0.1, -0.05) is 25.5 Å². The van der Waals surface area contributed by atoms with Crippen molar-refractivity contribution in [2.75, 3.05) is 49.6 Å².